The standard InChI is InChI=1S/C20H40N4O/c1-4-21-20(23-15-17-9-8-14-24(3)16-17)22-13-12-19(25-5-2)18-10-6-7-11-18/h17-19H,4-16H2,1-3H3,(H2,21,22,23). The Bertz CT molecular complexity index is 382. The molecule has 2 N–H and O–H groups in total. The quantitative estimate of drug-likeness (QED) is 0.495. The minimum Gasteiger partial charge on any atom is -0.378 e. The van der Waals surface area contributed by atoms with Crippen molar-refractivity contribution in [2.24, 2.45) is 16.8 Å². The Labute approximate surface area is 155 Å². The number of hydrogen-bond acceptors (Lipinski definition) is 3. The Morgan fingerprint density at radius 2 is 1.96 bits per heavy atom. The van der Waals surface area contributed by atoms with Crippen LogP contribution in [0.5, 0.6) is 0 Å². The first-order chi connectivity index (χ1) is 12.2. The molecule has 1 heterocycles. The van der Waals surface area contributed by atoms with E-state index in [4.69, 9.17) is 9.73 Å². The lowest BCUT2D eigenvalue weighted by molar-refractivity contribution is 0.0169. The van der Waals surface area contributed by atoms with Crippen molar-refractivity contribution in [3.63, 3.8) is 0 Å². The average Bonchev–Trinajstić information content (AvgIpc) is 3.13. The lowest BCUT2D eigenvalue weighted by Crippen LogP contribution is -2.40. The van der Waals surface area contributed by atoms with E-state index >= 15 is 0 Å². The van der Waals surface area contributed by atoms with Crippen LogP contribution in [0.4, 0.5) is 0 Å². The summed E-state index contributed by atoms with van der Waals surface area (Å²) in [6.45, 7) is 10.3. The molecule has 0 aromatic rings. The van der Waals surface area contributed by atoms with Crippen LogP contribution in [0, 0.1) is 11.8 Å². The minimum atomic E-state index is 0.412. The predicted octanol–water partition coefficient (Wildman–Crippen LogP) is 2.87. The fourth-order valence-corrected chi connectivity index (χ4v) is 4.32. The second-order valence-electron chi connectivity index (χ2n) is 7.74. The van der Waals surface area contributed by atoms with E-state index in [0.29, 0.717) is 12.0 Å². The van der Waals surface area contributed by atoms with Gasteiger partial charge >= 0.3 is 0 Å². The lowest BCUT2D eigenvalue weighted by Gasteiger charge is -2.28. The number of guanidine groups is 1. The highest BCUT2D eigenvalue weighted by Gasteiger charge is 2.25. The topological polar surface area (TPSA) is 48.9 Å². The maximum Gasteiger partial charge on any atom is 0.191 e. The van der Waals surface area contributed by atoms with E-state index < -0.39 is 0 Å². The van der Waals surface area contributed by atoms with Crippen LogP contribution in [0.1, 0.15) is 58.8 Å². The second-order valence-corrected chi connectivity index (χ2v) is 7.74. The zero-order valence-corrected chi connectivity index (χ0v) is 16.7. The van der Waals surface area contributed by atoms with Crippen molar-refractivity contribution < 1.29 is 4.74 Å². The van der Waals surface area contributed by atoms with E-state index in [2.05, 4.69) is 36.4 Å². The van der Waals surface area contributed by atoms with Gasteiger partial charge in [0.1, 0.15) is 0 Å². The van der Waals surface area contributed by atoms with Crippen molar-refractivity contribution >= 4 is 5.96 Å². The Morgan fingerprint density at radius 1 is 1.16 bits per heavy atom. The van der Waals surface area contributed by atoms with Crippen LogP contribution in [-0.4, -0.2) is 63.3 Å². The van der Waals surface area contributed by atoms with Gasteiger partial charge in [-0.1, -0.05) is 12.8 Å². The number of ether oxygens (including phenoxy) is 1. The van der Waals surface area contributed by atoms with Crippen LogP contribution in [0.3, 0.4) is 0 Å². The molecule has 2 aliphatic rings. The maximum atomic E-state index is 6.03. The van der Waals surface area contributed by atoms with Crippen molar-refractivity contribution in [2.45, 2.75) is 64.9 Å². The monoisotopic (exact) mass is 352 g/mol. The second kappa shape index (κ2) is 11.7. The zero-order chi connectivity index (χ0) is 17.9. The fraction of sp³-hybridized carbons (Fsp3) is 0.950. The minimum absolute atomic E-state index is 0.412. The number of nitrogens with one attached hydrogen (secondary N) is 2. The van der Waals surface area contributed by atoms with Gasteiger partial charge in [-0.2, -0.15) is 0 Å². The molecule has 5 nitrogen and oxygen atoms in total. The molecule has 2 unspecified atom stereocenters. The summed E-state index contributed by atoms with van der Waals surface area (Å²) in [6, 6.07) is 0. The summed E-state index contributed by atoms with van der Waals surface area (Å²) in [5, 5.41) is 6.92. The normalized spacial score (nSPS) is 24.4. The van der Waals surface area contributed by atoms with Crippen LogP contribution in [0.2, 0.25) is 0 Å². The van der Waals surface area contributed by atoms with Crippen LogP contribution in [0.25, 0.3) is 0 Å². The molecule has 0 amide bonds. The molecular formula is C20H40N4O. The summed E-state index contributed by atoms with van der Waals surface area (Å²) in [5.74, 6) is 2.43. The van der Waals surface area contributed by atoms with Crippen LogP contribution in [0.15, 0.2) is 4.99 Å². The molecule has 1 saturated carbocycles. The zero-order valence-electron chi connectivity index (χ0n) is 16.7. The SMILES string of the molecule is CCNC(=NCC1CCCN(C)C1)NCCC(OCC)C1CCCC1. The van der Waals surface area contributed by atoms with E-state index in [9.17, 15) is 0 Å². The first kappa shape index (κ1) is 20.5. The molecule has 25 heavy (non-hydrogen) atoms. The highest BCUT2D eigenvalue weighted by molar-refractivity contribution is 5.79. The number of nitrogens with zero attached hydrogens (tertiary/aromatic N) is 2. The highest BCUT2D eigenvalue weighted by atomic mass is 16.5. The third-order valence-electron chi connectivity index (χ3n) is 5.60. The maximum absolute atomic E-state index is 6.03. The van der Waals surface area contributed by atoms with Crippen LogP contribution < -0.4 is 10.6 Å². The molecule has 0 spiro atoms. The van der Waals surface area contributed by atoms with Gasteiger partial charge in [0.25, 0.3) is 0 Å². The van der Waals surface area contributed by atoms with Crippen LogP contribution >= 0.6 is 0 Å². The third kappa shape index (κ3) is 7.53. The molecule has 1 aliphatic heterocycles. The number of rotatable bonds is 9. The van der Waals surface area contributed by atoms with Gasteiger partial charge in [-0.15, -0.1) is 0 Å². The Kier molecular flexibility index (Phi) is 9.63. The van der Waals surface area contributed by atoms with E-state index in [-0.39, 0.29) is 0 Å². The van der Waals surface area contributed by atoms with Gasteiger partial charge in [0.15, 0.2) is 5.96 Å². The largest absolute Gasteiger partial charge is 0.378 e. The Hall–Kier alpha value is -0.810. The fourth-order valence-electron chi connectivity index (χ4n) is 4.32. The molecule has 1 saturated heterocycles. The van der Waals surface area contributed by atoms with Crippen molar-refractivity contribution in [3.8, 4) is 0 Å². The van der Waals surface area contributed by atoms with Gasteiger partial charge in [0.2, 0.25) is 0 Å². The highest BCUT2D eigenvalue weighted by Crippen LogP contribution is 2.30. The smallest absolute Gasteiger partial charge is 0.191 e. The summed E-state index contributed by atoms with van der Waals surface area (Å²) < 4.78 is 6.03. The van der Waals surface area contributed by atoms with Gasteiger partial charge in [0.05, 0.1) is 6.10 Å². The van der Waals surface area contributed by atoms with Gasteiger partial charge in [-0.25, -0.2) is 0 Å². The molecule has 1 aliphatic carbocycles. The lowest BCUT2D eigenvalue weighted by atomic mass is 9.98. The molecule has 0 aromatic carbocycles. The Balaban J connectivity index is 1.76. The van der Waals surface area contributed by atoms with E-state index in [1.165, 1.54) is 51.6 Å². The van der Waals surface area contributed by atoms with Crippen molar-refractivity contribution in [1.82, 2.24) is 15.5 Å². The Morgan fingerprint density at radius 3 is 2.64 bits per heavy atom. The van der Waals surface area contributed by atoms with E-state index in [1.54, 1.807) is 0 Å². The summed E-state index contributed by atoms with van der Waals surface area (Å²) in [5.41, 5.74) is 0. The molecule has 146 valence electrons. The summed E-state index contributed by atoms with van der Waals surface area (Å²) >= 11 is 0. The van der Waals surface area contributed by atoms with Crippen molar-refractivity contribution in [2.75, 3.05) is 46.4 Å². The molecule has 2 atom stereocenters. The van der Waals surface area contributed by atoms with Gasteiger partial charge in [-0.05, 0) is 71.4 Å². The molecule has 0 aromatic heterocycles. The number of hydrogen-bond donors (Lipinski definition) is 2. The number of piperidine rings is 1. The average molecular weight is 353 g/mol. The van der Waals surface area contributed by atoms with Gasteiger partial charge < -0.3 is 20.3 Å². The summed E-state index contributed by atoms with van der Waals surface area (Å²) in [6.07, 6.45) is 9.54. The summed E-state index contributed by atoms with van der Waals surface area (Å²) in [7, 11) is 2.22. The first-order valence-corrected chi connectivity index (χ1v) is 10.5. The van der Waals surface area contributed by atoms with E-state index in [1.807, 2.05) is 0 Å². The van der Waals surface area contributed by atoms with Crippen LogP contribution in [-0.2, 0) is 4.74 Å². The molecule has 0 radical (unpaired) electrons. The first-order valence-electron chi connectivity index (χ1n) is 10.5. The molecule has 0 bridgehead atoms. The summed E-state index contributed by atoms with van der Waals surface area (Å²) in [4.78, 5) is 7.27. The molecular weight excluding hydrogens is 312 g/mol. The van der Waals surface area contributed by atoms with Gasteiger partial charge in [0, 0.05) is 32.8 Å². The third-order valence-corrected chi connectivity index (χ3v) is 5.60. The number of likely N-dealkylation sites (tertiary alicyclic amines) is 1. The predicted molar refractivity (Wildman–Crippen MR) is 106 cm³/mol. The molecule has 2 fully saturated rings. The van der Waals surface area contributed by atoms with E-state index in [0.717, 1.165) is 44.5 Å². The number of aliphatic imine (C=N–C) groups is 1. The molecule has 5 heteroatoms. The molecule has 2 rings (SSSR count). The van der Waals surface area contributed by atoms with Gasteiger partial charge in [-0.3, -0.25) is 4.99 Å². The van der Waals surface area contributed by atoms with Crippen molar-refractivity contribution in [1.29, 1.82) is 0 Å². The van der Waals surface area contributed by atoms with Crippen molar-refractivity contribution in [3.05, 3.63) is 0 Å².